The van der Waals surface area contributed by atoms with Gasteiger partial charge in [0.15, 0.2) is 0 Å². The Balaban J connectivity index is 3.71. The first kappa shape index (κ1) is 9.39. The van der Waals surface area contributed by atoms with Crippen LogP contribution in [0.5, 0.6) is 0 Å². The van der Waals surface area contributed by atoms with Gasteiger partial charge in [0.25, 0.3) is 0 Å². The molecule has 0 aromatic carbocycles. The zero-order chi connectivity index (χ0) is 8.15. The summed E-state index contributed by atoms with van der Waals surface area (Å²) in [6.07, 6.45) is -0.848. The van der Waals surface area contributed by atoms with Gasteiger partial charge in [0, 0.05) is 0 Å². The summed E-state index contributed by atoms with van der Waals surface area (Å²) in [5.74, 6) is -0.558. The Hall–Kier alpha value is -0.610. The molecule has 0 aliphatic rings. The molecule has 60 valence electrons. The molecule has 0 aromatic heterocycles. The van der Waals surface area contributed by atoms with E-state index >= 15 is 0 Å². The summed E-state index contributed by atoms with van der Waals surface area (Å²) < 4.78 is 4.54. The molecule has 0 aliphatic heterocycles. The zero-order valence-electron chi connectivity index (χ0n) is 6.20. The number of esters is 1. The molecule has 0 saturated carbocycles. The molecular formula is C6H13NO3. The molecule has 10 heavy (non-hydrogen) atoms. The molecular weight excluding hydrogens is 134 g/mol. The lowest BCUT2D eigenvalue weighted by molar-refractivity contribution is -0.147. The number of ether oxygens (including phenoxy) is 1. The van der Waals surface area contributed by atoms with Gasteiger partial charge in [0.05, 0.1) is 12.7 Å². The van der Waals surface area contributed by atoms with Crippen molar-refractivity contribution < 1.29 is 14.6 Å². The molecule has 0 aromatic rings. The third kappa shape index (κ3) is 2.80. The van der Waals surface area contributed by atoms with Crippen LogP contribution in [0.3, 0.4) is 0 Å². The van der Waals surface area contributed by atoms with Crippen LogP contribution in [0.4, 0.5) is 0 Å². The average Bonchev–Trinajstić information content (AvgIpc) is 1.87. The number of aliphatic hydroxyl groups is 1. The molecule has 0 radical (unpaired) electrons. The predicted molar refractivity (Wildman–Crippen MR) is 36.3 cm³/mol. The Labute approximate surface area is 60.0 Å². The Kier molecular flexibility index (Phi) is 3.99. The summed E-state index contributed by atoms with van der Waals surface area (Å²) in [5, 5.41) is 8.79. The van der Waals surface area contributed by atoms with Gasteiger partial charge < -0.3 is 15.6 Å². The summed E-state index contributed by atoms with van der Waals surface area (Å²) in [7, 11) is 0. The first-order chi connectivity index (χ1) is 4.59. The lowest BCUT2D eigenvalue weighted by atomic mass is 10.2. The van der Waals surface area contributed by atoms with E-state index in [0.717, 1.165) is 0 Å². The topological polar surface area (TPSA) is 72.5 Å². The fraction of sp³-hybridized carbons (Fsp3) is 0.833. The number of hydrogen-bond acceptors (Lipinski definition) is 4. The minimum Gasteiger partial charge on any atom is -0.465 e. The maximum Gasteiger partial charge on any atom is 0.325 e. The maximum absolute atomic E-state index is 10.7. The van der Waals surface area contributed by atoms with E-state index in [4.69, 9.17) is 10.8 Å². The van der Waals surface area contributed by atoms with Crippen LogP contribution in [0.15, 0.2) is 0 Å². The Morgan fingerprint density at radius 2 is 2.30 bits per heavy atom. The van der Waals surface area contributed by atoms with Crippen molar-refractivity contribution in [2.45, 2.75) is 26.0 Å². The fourth-order valence-electron chi connectivity index (χ4n) is 0.435. The van der Waals surface area contributed by atoms with Gasteiger partial charge in [-0.3, -0.25) is 4.79 Å². The zero-order valence-corrected chi connectivity index (χ0v) is 6.20. The van der Waals surface area contributed by atoms with Crippen LogP contribution in [0.25, 0.3) is 0 Å². The van der Waals surface area contributed by atoms with E-state index in [9.17, 15) is 4.79 Å². The van der Waals surface area contributed by atoms with Crippen molar-refractivity contribution in [3.05, 3.63) is 0 Å². The van der Waals surface area contributed by atoms with Crippen LogP contribution in [0.2, 0.25) is 0 Å². The molecule has 3 N–H and O–H groups in total. The molecule has 0 bridgehead atoms. The molecule has 0 amide bonds. The molecule has 2 atom stereocenters. The molecule has 0 rings (SSSR count). The molecule has 4 heteroatoms. The summed E-state index contributed by atoms with van der Waals surface area (Å²) in [5.41, 5.74) is 5.22. The Morgan fingerprint density at radius 3 is 2.60 bits per heavy atom. The average molecular weight is 147 g/mol. The third-order valence-corrected chi connectivity index (χ3v) is 1.08. The summed E-state index contributed by atoms with van der Waals surface area (Å²) in [6, 6.07) is -0.917. The normalized spacial score (nSPS) is 16.0. The summed E-state index contributed by atoms with van der Waals surface area (Å²) in [6.45, 7) is 3.42. The van der Waals surface area contributed by atoms with Crippen LogP contribution in [0, 0.1) is 0 Å². The van der Waals surface area contributed by atoms with Gasteiger partial charge in [0.2, 0.25) is 0 Å². The van der Waals surface area contributed by atoms with Crippen molar-refractivity contribution in [2.75, 3.05) is 6.61 Å². The highest BCUT2D eigenvalue weighted by Gasteiger charge is 2.19. The van der Waals surface area contributed by atoms with Crippen LogP contribution in [-0.2, 0) is 9.53 Å². The van der Waals surface area contributed by atoms with Crippen molar-refractivity contribution in [1.82, 2.24) is 0 Å². The SMILES string of the molecule is CCOC(=O)[C@@H](N)C(C)O. The maximum atomic E-state index is 10.7. The van der Waals surface area contributed by atoms with E-state index in [0.29, 0.717) is 6.61 Å². The van der Waals surface area contributed by atoms with E-state index < -0.39 is 18.1 Å². The van der Waals surface area contributed by atoms with E-state index in [2.05, 4.69) is 4.74 Å². The minimum atomic E-state index is -0.917. The smallest absolute Gasteiger partial charge is 0.325 e. The third-order valence-electron chi connectivity index (χ3n) is 1.08. The van der Waals surface area contributed by atoms with Crippen LogP contribution < -0.4 is 5.73 Å². The number of carbonyl (C=O) groups is 1. The van der Waals surface area contributed by atoms with Gasteiger partial charge in [-0.1, -0.05) is 0 Å². The van der Waals surface area contributed by atoms with Crippen molar-refractivity contribution in [3.8, 4) is 0 Å². The van der Waals surface area contributed by atoms with Crippen molar-refractivity contribution in [2.24, 2.45) is 5.73 Å². The van der Waals surface area contributed by atoms with E-state index in [1.165, 1.54) is 6.92 Å². The number of nitrogens with two attached hydrogens (primary N) is 1. The van der Waals surface area contributed by atoms with Gasteiger partial charge >= 0.3 is 5.97 Å². The molecule has 0 heterocycles. The second kappa shape index (κ2) is 4.24. The first-order valence-electron chi connectivity index (χ1n) is 3.19. The van der Waals surface area contributed by atoms with E-state index in [1.54, 1.807) is 6.92 Å². The van der Waals surface area contributed by atoms with Gasteiger partial charge in [-0.25, -0.2) is 0 Å². The second-order valence-electron chi connectivity index (χ2n) is 2.02. The van der Waals surface area contributed by atoms with Crippen molar-refractivity contribution in [3.63, 3.8) is 0 Å². The fourth-order valence-corrected chi connectivity index (χ4v) is 0.435. The van der Waals surface area contributed by atoms with Gasteiger partial charge in [0.1, 0.15) is 6.04 Å². The quantitative estimate of drug-likeness (QED) is 0.515. The molecule has 4 nitrogen and oxygen atoms in total. The van der Waals surface area contributed by atoms with Crippen LogP contribution in [-0.4, -0.2) is 29.8 Å². The van der Waals surface area contributed by atoms with Crippen LogP contribution >= 0.6 is 0 Å². The molecule has 0 saturated heterocycles. The lowest BCUT2D eigenvalue weighted by Gasteiger charge is -2.11. The number of rotatable bonds is 3. The van der Waals surface area contributed by atoms with Gasteiger partial charge in [-0.15, -0.1) is 0 Å². The highest BCUT2D eigenvalue weighted by atomic mass is 16.5. The molecule has 0 aliphatic carbocycles. The number of carbonyl (C=O) groups excluding carboxylic acids is 1. The second-order valence-corrected chi connectivity index (χ2v) is 2.02. The monoisotopic (exact) mass is 147 g/mol. The number of aliphatic hydroxyl groups excluding tert-OH is 1. The van der Waals surface area contributed by atoms with E-state index in [-0.39, 0.29) is 0 Å². The summed E-state index contributed by atoms with van der Waals surface area (Å²) in [4.78, 5) is 10.7. The standard InChI is InChI=1S/C6H13NO3/c1-3-10-6(9)5(7)4(2)8/h4-5,8H,3,7H2,1-2H3/t4?,5-/m0/s1. The number of hydrogen-bond donors (Lipinski definition) is 2. The summed E-state index contributed by atoms with van der Waals surface area (Å²) >= 11 is 0. The van der Waals surface area contributed by atoms with Crippen LogP contribution in [0.1, 0.15) is 13.8 Å². The Morgan fingerprint density at radius 1 is 1.80 bits per heavy atom. The Bertz CT molecular complexity index is 114. The van der Waals surface area contributed by atoms with Crippen molar-refractivity contribution in [1.29, 1.82) is 0 Å². The van der Waals surface area contributed by atoms with Crippen molar-refractivity contribution >= 4 is 5.97 Å². The van der Waals surface area contributed by atoms with E-state index in [1.807, 2.05) is 0 Å². The molecule has 0 spiro atoms. The highest BCUT2D eigenvalue weighted by molar-refractivity contribution is 5.76. The van der Waals surface area contributed by atoms with Gasteiger partial charge in [-0.05, 0) is 13.8 Å². The predicted octanol–water partition coefficient (Wildman–Crippen LogP) is -0.742. The molecule has 0 fully saturated rings. The largest absolute Gasteiger partial charge is 0.465 e. The highest BCUT2D eigenvalue weighted by Crippen LogP contribution is 1.91. The lowest BCUT2D eigenvalue weighted by Crippen LogP contribution is -2.41. The minimum absolute atomic E-state index is 0.291. The molecule has 1 unspecified atom stereocenters. The first-order valence-corrected chi connectivity index (χ1v) is 3.19. The van der Waals surface area contributed by atoms with Gasteiger partial charge in [-0.2, -0.15) is 0 Å².